The van der Waals surface area contributed by atoms with Gasteiger partial charge < -0.3 is 10.0 Å². The highest BCUT2D eigenvalue weighted by atomic mass is 19.2. The van der Waals surface area contributed by atoms with Gasteiger partial charge in [-0.15, -0.1) is 0 Å². The van der Waals surface area contributed by atoms with E-state index in [1.807, 2.05) is 0 Å². The van der Waals surface area contributed by atoms with Crippen LogP contribution < -0.4 is 0 Å². The molecule has 1 aliphatic rings. The molecule has 1 N–H and O–H groups in total. The van der Waals surface area contributed by atoms with E-state index in [-0.39, 0.29) is 12.0 Å². The molecule has 1 atom stereocenters. The summed E-state index contributed by atoms with van der Waals surface area (Å²) in [7, 11) is 0. The van der Waals surface area contributed by atoms with Gasteiger partial charge in [0, 0.05) is 25.1 Å². The van der Waals surface area contributed by atoms with E-state index in [1.54, 1.807) is 6.07 Å². The first-order valence-corrected chi connectivity index (χ1v) is 6.80. The van der Waals surface area contributed by atoms with Gasteiger partial charge in [0.2, 0.25) is 0 Å². The minimum absolute atomic E-state index is 0.0215. The zero-order valence-corrected chi connectivity index (χ0v) is 11.3. The minimum Gasteiger partial charge on any atom is -0.396 e. The van der Waals surface area contributed by atoms with Gasteiger partial charge in [-0.1, -0.05) is 13.0 Å². The van der Waals surface area contributed by atoms with Gasteiger partial charge in [0.1, 0.15) is 0 Å². The van der Waals surface area contributed by atoms with Crippen molar-refractivity contribution in [2.75, 3.05) is 26.2 Å². The van der Waals surface area contributed by atoms with Crippen LogP contribution in [0.4, 0.5) is 8.78 Å². The smallest absolute Gasteiger partial charge is 0.159 e. The third-order valence-corrected chi connectivity index (χ3v) is 3.94. The molecule has 1 aliphatic heterocycles. The fraction of sp³-hybridized carbons (Fsp3) is 0.600. The van der Waals surface area contributed by atoms with E-state index < -0.39 is 11.6 Å². The lowest BCUT2D eigenvalue weighted by atomic mass is 9.83. The molecule has 0 spiro atoms. The molecule has 2 rings (SSSR count). The molecule has 0 bridgehead atoms. The van der Waals surface area contributed by atoms with E-state index in [4.69, 9.17) is 0 Å². The zero-order valence-electron chi connectivity index (χ0n) is 11.3. The first kappa shape index (κ1) is 14.4. The van der Waals surface area contributed by atoms with E-state index in [2.05, 4.69) is 11.8 Å². The molecule has 0 amide bonds. The van der Waals surface area contributed by atoms with Crippen LogP contribution in [0.25, 0.3) is 0 Å². The Kier molecular flexibility index (Phi) is 4.53. The number of nitrogens with zero attached hydrogens (tertiary/aromatic N) is 1. The van der Waals surface area contributed by atoms with Crippen LogP contribution in [-0.4, -0.2) is 36.2 Å². The standard InChI is InChI=1S/C15H21F2NO/c1-15(11-19)6-2-7-18(10-15)8-5-12-3-4-13(16)14(17)9-12/h3-4,9,19H,2,5-8,10-11H2,1H3. The topological polar surface area (TPSA) is 23.5 Å². The lowest BCUT2D eigenvalue weighted by Gasteiger charge is -2.39. The number of rotatable bonds is 4. The van der Waals surface area contributed by atoms with Gasteiger partial charge in [-0.25, -0.2) is 8.78 Å². The number of benzene rings is 1. The molecular formula is C15H21F2NO. The van der Waals surface area contributed by atoms with Crippen LogP contribution in [0.3, 0.4) is 0 Å². The Hall–Kier alpha value is -1.00. The van der Waals surface area contributed by atoms with Gasteiger partial charge in [0.05, 0.1) is 0 Å². The summed E-state index contributed by atoms with van der Waals surface area (Å²) < 4.78 is 25.9. The summed E-state index contributed by atoms with van der Waals surface area (Å²) >= 11 is 0. The SMILES string of the molecule is CC1(CO)CCCN(CCc2ccc(F)c(F)c2)C1. The third-order valence-electron chi connectivity index (χ3n) is 3.94. The van der Waals surface area contributed by atoms with Gasteiger partial charge in [0.25, 0.3) is 0 Å². The van der Waals surface area contributed by atoms with Crippen LogP contribution in [0.1, 0.15) is 25.3 Å². The Balaban J connectivity index is 1.89. The molecular weight excluding hydrogens is 248 g/mol. The van der Waals surface area contributed by atoms with Crippen molar-refractivity contribution in [3.8, 4) is 0 Å². The van der Waals surface area contributed by atoms with Crippen molar-refractivity contribution >= 4 is 0 Å². The Morgan fingerprint density at radius 3 is 2.79 bits per heavy atom. The van der Waals surface area contributed by atoms with Crippen molar-refractivity contribution in [1.29, 1.82) is 0 Å². The van der Waals surface area contributed by atoms with Crippen LogP contribution >= 0.6 is 0 Å². The van der Waals surface area contributed by atoms with Gasteiger partial charge in [-0.3, -0.25) is 0 Å². The van der Waals surface area contributed by atoms with Crippen LogP contribution in [-0.2, 0) is 6.42 Å². The first-order chi connectivity index (χ1) is 9.02. The molecule has 1 heterocycles. The van der Waals surface area contributed by atoms with Gasteiger partial charge in [-0.2, -0.15) is 0 Å². The largest absolute Gasteiger partial charge is 0.396 e. The molecule has 4 heteroatoms. The summed E-state index contributed by atoms with van der Waals surface area (Å²) in [6, 6.07) is 4.08. The van der Waals surface area contributed by atoms with E-state index in [9.17, 15) is 13.9 Å². The quantitative estimate of drug-likeness (QED) is 0.908. The fourth-order valence-electron chi connectivity index (χ4n) is 2.73. The number of piperidine rings is 1. The Labute approximate surface area is 113 Å². The van der Waals surface area contributed by atoms with Crippen molar-refractivity contribution in [2.24, 2.45) is 5.41 Å². The summed E-state index contributed by atoms with van der Waals surface area (Å²) in [5, 5.41) is 9.40. The van der Waals surface area contributed by atoms with Gasteiger partial charge in [0.15, 0.2) is 11.6 Å². The average molecular weight is 269 g/mol. The summed E-state index contributed by atoms with van der Waals surface area (Å²) in [5.41, 5.74) is 0.793. The maximum absolute atomic E-state index is 13.1. The molecule has 1 fully saturated rings. The zero-order chi connectivity index (χ0) is 13.9. The molecule has 1 aromatic carbocycles. The molecule has 1 saturated heterocycles. The van der Waals surface area contributed by atoms with Gasteiger partial charge in [-0.05, 0) is 43.5 Å². The highest BCUT2D eigenvalue weighted by Gasteiger charge is 2.29. The number of halogens is 2. The maximum Gasteiger partial charge on any atom is 0.159 e. The lowest BCUT2D eigenvalue weighted by Crippen LogP contribution is -2.44. The molecule has 2 nitrogen and oxygen atoms in total. The highest BCUT2D eigenvalue weighted by Crippen LogP contribution is 2.28. The molecule has 106 valence electrons. The maximum atomic E-state index is 13.1. The van der Waals surface area contributed by atoms with Crippen molar-refractivity contribution in [3.63, 3.8) is 0 Å². The molecule has 1 aromatic rings. The predicted octanol–water partition coefficient (Wildman–Crippen LogP) is 2.60. The van der Waals surface area contributed by atoms with Crippen molar-refractivity contribution in [1.82, 2.24) is 4.90 Å². The second kappa shape index (κ2) is 5.97. The third kappa shape index (κ3) is 3.74. The van der Waals surface area contributed by atoms with Crippen LogP contribution in [0.2, 0.25) is 0 Å². The number of hydrogen-bond acceptors (Lipinski definition) is 2. The molecule has 0 aliphatic carbocycles. The van der Waals surface area contributed by atoms with E-state index in [0.29, 0.717) is 6.42 Å². The van der Waals surface area contributed by atoms with Crippen molar-refractivity contribution in [3.05, 3.63) is 35.4 Å². The summed E-state index contributed by atoms with van der Waals surface area (Å²) in [6.07, 6.45) is 2.83. The van der Waals surface area contributed by atoms with Gasteiger partial charge >= 0.3 is 0 Å². The minimum atomic E-state index is -0.797. The second-order valence-corrected chi connectivity index (χ2v) is 5.85. The number of hydrogen-bond donors (Lipinski definition) is 1. The molecule has 1 unspecified atom stereocenters. The summed E-state index contributed by atoms with van der Waals surface area (Å²) in [6.45, 7) is 5.00. The normalized spacial score (nSPS) is 24.6. The van der Waals surface area contributed by atoms with Crippen LogP contribution in [0.15, 0.2) is 18.2 Å². The summed E-state index contributed by atoms with van der Waals surface area (Å²) in [4.78, 5) is 2.29. The molecule has 0 radical (unpaired) electrons. The van der Waals surface area contributed by atoms with E-state index in [1.165, 1.54) is 12.1 Å². The van der Waals surface area contributed by atoms with Crippen molar-refractivity contribution < 1.29 is 13.9 Å². The average Bonchev–Trinajstić information content (AvgIpc) is 2.40. The van der Waals surface area contributed by atoms with Crippen LogP contribution in [0.5, 0.6) is 0 Å². The number of likely N-dealkylation sites (tertiary alicyclic amines) is 1. The van der Waals surface area contributed by atoms with E-state index in [0.717, 1.165) is 38.0 Å². The second-order valence-electron chi connectivity index (χ2n) is 5.85. The number of aliphatic hydroxyl groups is 1. The fourth-order valence-corrected chi connectivity index (χ4v) is 2.73. The van der Waals surface area contributed by atoms with Crippen molar-refractivity contribution in [2.45, 2.75) is 26.2 Å². The highest BCUT2D eigenvalue weighted by molar-refractivity contribution is 5.18. The number of aliphatic hydroxyl groups excluding tert-OH is 1. The summed E-state index contributed by atoms with van der Waals surface area (Å²) in [5.74, 6) is -1.58. The molecule has 0 saturated carbocycles. The molecule has 19 heavy (non-hydrogen) atoms. The Morgan fingerprint density at radius 2 is 2.11 bits per heavy atom. The lowest BCUT2D eigenvalue weighted by molar-refractivity contribution is 0.0472. The van der Waals surface area contributed by atoms with E-state index >= 15 is 0 Å². The monoisotopic (exact) mass is 269 g/mol. The molecule has 0 aromatic heterocycles. The first-order valence-electron chi connectivity index (χ1n) is 6.80. The van der Waals surface area contributed by atoms with Crippen LogP contribution in [0, 0.1) is 17.0 Å². The predicted molar refractivity (Wildman–Crippen MR) is 70.9 cm³/mol. The Morgan fingerprint density at radius 1 is 1.32 bits per heavy atom. The Bertz CT molecular complexity index is 438.